The maximum Gasteiger partial charge on any atom is 0.354 e. The smallest absolute Gasteiger partial charge is 0.354 e. The lowest BCUT2D eigenvalue weighted by Crippen LogP contribution is -2.00. The van der Waals surface area contributed by atoms with Crippen molar-refractivity contribution >= 4 is 5.97 Å². The molecule has 2 aromatic rings. The molecule has 80 valence electrons. The van der Waals surface area contributed by atoms with Crippen molar-refractivity contribution in [2.45, 2.75) is 0 Å². The molecule has 1 aromatic heterocycles. The molecule has 0 amide bonds. The number of aromatic hydroxyl groups is 1. The summed E-state index contributed by atoms with van der Waals surface area (Å²) < 4.78 is 0. The van der Waals surface area contributed by atoms with Crippen molar-refractivity contribution in [3.05, 3.63) is 48.2 Å². The number of hydrogen-bond acceptors (Lipinski definition) is 3. The zero-order valence-electron chi connectivity index (χ0n) is 8.29. The molecular weight excluding hydrogens is 206 g/mol. The van der Waals surface area contributed by atoms with Gasteiger partial charge in [0.05, 0.1) is 5.69 Å². The lowest BCUT2D eigenvalue weighted by molar-refractivity contribution is 0.0690. The first-order chi connectivity index (χ1) is 7.66. The highest BCUT2D eigenvalue weighted by Gasteiger charge is 2.06. The molecule has 0 aliphatic heterocycles. The van der Waals surface area contributed by atoms with Crippen LogP contribution in [-0.4, -0.2) is 21.2 Å². The SMILES string of the molecule is O=C(O)c1cccc(-c2cccc(O)c2)n1. The van der Waals surface area contributed by atoms with E-state index >= 15 is 0 Å². The highest BCUT2D eigenvalue weighted by Crippen LogP contribution is 2.21. The van der Waals surface area contributed by atoms with Crippen molar-refractivity contribution in [2.24, 2.45) is 0 Å². The maximum absolute atomic E-state index is 10.7. The molecule has 0 aliphatic rings. The Labute approximate surface area is 91.8 Å². The van der Waals surface area contributed by atoms with Gasteiger partial charge < -0.3 is 10.2 Å². The van der Waals surface area contributed by atoms with Crippen LogP contribution in [0.1, 0.15) is 10.5 Å². The summed E-state index contributed by atoms with van der Waals surface area (Å²) in [5.41, 5.74) is 1.19. The van der Waals surface area contributed by atoms with E-state index in [0.717, 1.165) is 0 Å². The Kier molecular flexibility index (Phi) is 2.55. The largest absolute Gasteiger partial charge is 0.508 e. The van der Waals surface area contributed by atoms with E-state index in [4.69, 9.17) is 5.11 Å². The number of pyridine rings is 1. The fourth-order valence-corrected chi connectivity index (χ4v) is 1.38. The van der Waals surface area contributed by atoms with Gasteiger partial charge >= 0.3 is 5.97 Å². The fourth-order valence-electron chi connectivity index (χ4n) is 1.38. The van der Waals surface area contributed by atoms with Crippen LogP contribution in [0.25, 0.3) is 11.3 Å². The molecule has 0 saturated heterocycles. The number of nitrogens with zero attached hydrogens (tertiary/aromatic N) is 1. The normalized spacial score (nSPS) is 10.0. The third kappa shape index (κ3) is 2.00. The molecule has 0 bridgehead atoms. The van der Waals surface area contributed by atoms with Crippen LogP contribution in [0.2, 0.25) is 0 Å². The lowest BCUT2D eigenvalue weighted by Gasteiger charge is -2.02. The lowest BCUT2D eigenvalue weighted by atomic mass is 10.1. The number of hydrogen-bond donors (Lipinski definition) is 2. The van der Waals surface area contributed by atoms with E-state index in [1.54, 1.807) is 30.3 Å². The highest BCUT2D eigenvalue weighted by molar-refractivity contribution is 5.86. The highest BCUT2D eigenvalue weighted by atomic mass is 16.4. The van der Waals surface area contributed by atoms with E-state index in [2.05, 4.69) is 4.98 Å². The van der Waals surface area contributed by atoms with Gasteiger partial charge in [-0.05, 0) is 24.3 Å². The zero-order valence-corrected chi connectivity index (χ0v) is 8.29. The molecule has 4 nitrogen and oxygen atoms in total. The van der Waals surface area contributed by atoms with Gasteiger partial charge in [-0.25, -0.2) is 9.78 Å². The fraction of sp³-hybridized carbons (Fsp3) is 0. The van der Waals surface area contributed by atoms with E-state index < -0.39 is 5.97 Å². The summed E-state index contributed by atoms with van der Waals surface area (Å²) in [6.07, 6.45) is 0. The molecule has 0 radical (unpaired) electrons. The molecule has 0 unspecified atom stereocenters. The van der Waals surface area contributed by atoms with Gasteiger partial charge in [0.1, 0.15) is 11.4 Å². The Bertz CT molecular complexity index is 537. The molecule has 0 atom stereocenters. The second-order valence-corrected chi connectivity index (χ2v) is 3.26. The molecule has 0 aliphatic carbocycles. The maximum atomic E-state index is 10.7. The van der Waals surface area contributed by atoms with Gasteiger partial charge in [-0.2, -0.15) is 0 Å². The Balaban J connectivity index is 2.48. The molecule has 0 spiro atoms. The first-order valence-corrected chi connectivity index (χ1v) is 4.66. The standard InChI is InChI=1S/C12H9NO3/c14-9-4-1-3-8(7-9)10-5-2-6-11(13-10)12(15)16/h1-7,14H,(H,15,16). The Morgan fingerprint density at radius 3 is 2.56 bits per heavy atom. The number of phenols is 1. The quantitative estimate of drug-likeness (QED) is 0.805. The first-order valence-electron chi connectivity index (χ1n) is 4.66. The summed E-state index contributed by atoms with van der Waals surface area (Å²) in [7, 11) is 0. The second-order valence-electron chi connectivity index (χ2n) is 3.26. The van der Waals surface area contributed by atoms with Crippen molar-refractivity contribution < 1.29 is 15.0 Å². The van der Waals surface area contributed by atoms with Crippen molar-refractivity contribution in [1.82, 2.24) is 4.98 Å². The van der Waals surface area contributed by atoms with Gasteiger partial charge in [-0.15, -0.1) is 0 Å². The summed E-state index contributed by atoms with van der Waals surface area (Å²) >= 11 is 0. The van der Waals surface area contributed by atoms with Gasteiger partial charge in [-0.1, -0.05) is 18.2 Å². The van der Waals surface area contributed by atoms with Crippen molar-refractivity contribution in [2.75, 3.05) is 0 Å². The van der Waals surface area contributed by atoms with Crippen LogP contribution in [-0.2, 0) is 0 Å². The number of phenolic OH excluding ortho intramolecular Hbond substituents is 1. The van der Waals surface area contributed by atoms with E-state index in [1.807, 2.05) is 0 Å². The molecule has 1 aromatic carbocycles. The predicted octanol–water partition coefficient (Wildman–Crippen LogP) is 2.15. The second kappa shape index (κ2) is 4.02. The molecular formula is C12H9NO3. The summed E-state index contributed by atoms with van der Waals surface area (Å²) in [6.45, 7) is 0. The third-order valence-corrected chi connectivity index (χ3v) is 2.11. The molecule has 0 fully saturated rings. The molecule has 2 N–H and O–H groups in total. The van der Waals surface area contributed by atoms with Gasteiger partial charge in [0.25, 0.3) is 0 Å². The summed E-state index contributed by atoms with van der Waals surface area (Å²) in [6, 6.07) is 11.3. The zero-order chi connectivity index (χ0) is 11.5. The number of rotatable bonds is 2. The molecule has 1 heterocycles. The van der Waals surface area contributed by atoms with Crippen molar-refractivity contribution in [1.29, 1.82) is 0 Å². The average molecular weight is 215 g/mol. The van der Waals surface area contributed by atoms with Gasteiger partial charge in [0.2, 0.25) is 0 Å². The monoisotopic (exact) mass is 215 g/mol. The molecule has 2 rings (SSSR count). The van der Waals surface area contributed by atoms with Crippen LogP contribution in [0.5, 0.6) is 5.75 Å². The Morgan fingerprint density at radius 2 is 1.88 bits per heavy atom. The van der Waals surface area contributed by atoms with Crippen LogP contribution in [0, 0.1) is 0 Å². The van der Waals surface area contributed by atoms with E-state index in [9.17, 15) is 9.90 Å². The van der Waals surface area contributed by atoms with Crippen molar-refractivity contribution in [3.63, 3.8) is 0 Å². The minimum absolute atomic E-state index is 0.0131. The number of carbonyl (C=O) groups is 1. The number of aromatic nitrogens is 1. The van der Waals surface area contributed by atoms with Crippen LogP contribution in [0.3, 0.4) is 0 Å². The summed E-state index contributed by atoms with van der Waals surface area (Å²) in [5.74, 6) is -0.943. The van der Waals surface area contributed by atoms with Crippen LogP contribution in [0.4, 0.5) is 0 Å². The average Bonchev–Trinajstić information content (AvgIpc) is 2.29. The number of aromatic carboxylic acids is 1. The number of carboxylic acids is 1. The Morgan fingerprint density at radius 1 is 1.12 bits per heavy atom. The Hall–Kier alpha value is -2.36. The first kappa shape index (κ1) is 10.2. The predicted molar refractivity (Wildman–Crippen MR) is 58.3 cm³/mol. The summed E-state index contributed by atoms with van der Waals surface area (Å²) in [4.78, 5) is 14.7. The van der Waals surface area contributed by atoms with E-state index in [-0.39, 0.29) is 11.4 Å². The molecule has 0 saturated carbocycles. The minimum Gasteiger partial charge on any atom is -0.508 e. The van der Waals surface area contributed by atoms with Gasteiger partial charge in [0, 0.05) is 5.56 Å². The van der Waals surface area contributed by atoms with Crippen LogP contribution < -0.4 is 0 Å². The topological polar surface area (TPSA) is 70.4 Å². The number of benzene rings is 1. The third-order valence-electron chi connectivity index (χ3n) is 2.11. The minimum atomic E-state index is -1.07. The number of carboxylic acid groups (broad SMARTS) is 1. The molecule has 4 heteroatoms. The van der Waals surface area contributed by atoms with Crippen LogP contribution >= 0.6 is 0 Å². The van der Waals surface area contributed by atoms with E-state index in [1.165, 1.54) is 12.1 Å². The van der Waals surface area contributed by atoms with Gasteiger partial charge in [0.15, 0.2) is 0 Å². The molecule has 16 heavy (non-hydrogen) atoms. The van der Waals surface area contributed by atoms with E-state index in [0.29, 0.717) is 11.3 Å². The summed E-state index contributed by atoms with van der Waals surface area (Å²) in [5, 5.41) is 18.1. The van der Waals surface area contributed by atoms with Gasteiger partial charge in [-0.3, -0.25) is 0 Å². The van der Waals surface area contributed by atoms with Crippen molar-refractivity contribution in [3.8, 4) is 17.0 Å². The van der Waals surface area contributed by atoms with Crippen LogP contribution in [0.15, 0.2) is 42.5 Å².